The van der Waals surface area contributed by atoms with Gasteiger partial charge in [0.15, 0.2) is 0 Å². The van der Waals surface area contributed by atoms with Gasteiger partial charge in [0.2, 0.25) is 0 Å². The van der Waals surface area contributed by atoms with E-state index in [0.717, 1.165) is 37.9 Å². The number of halogens is 1. The van der Waals surface area contributed by atoms with Crippen LogP contribution in [-0.4, -0.2) is 57.7 Å². The zero-order valence-corrected chi connectivity index (χ0v) is 28.9. The fraction of sp³-hybridized carbons (Fsp3) is 0.286. The van der Waals surface area contributed by atoms with Crippen LogP contribution in [-0.2, 0) is 11.2 Å². The van der Waals surface area contributed by atoms with Gasteiger partial charge >= 0.3 is 0 Å². The summed E-state index contributed by atoms with van der Waals surface area (Å²) in [6.07, 6.45) is 0.335. The lowest BCUT2D eigenvalue weighted by Crippen LogP contribution is -2.56. The minimum absolute atomic E-state index is 0.0691. The molecule has 7 nitrogen and oxygen atoms in total. The molecule has 0 saturated carbocycles. The van der Waals surface area contributed by atoms with Crippen LogP contribution in [0.25, 0.3) is 43.1 Å². The lowest BCUT2D eigenvalue weighted by molar-refractivity contribution is -0.110. The number of hydrogen-bond acceptors (Lipinski definition) is 5. The van der Waals surface area contributed by atoms with Crippen LogP contribution in [0.5, 0.6) is 0 Å². The third-order valence-corrected chi connectivity index (χ3v) is 11.1. The first-order valence-corrected chi connectivity index (χ1v) is 17.2. The van der Waals surface area contributed by atoms with E-state index >= 15 is 0 Å². The van der Waals surface area contributed by atoms with E-state index in [0.29, 0.717) is 39.4 Å². The first-order chi connectivity index (χ1) is 23.8. The predicted octanol–water partition coefficient (Wildman–Crippen LogP) is 8.54. The Morgan fingerprint density at radius 2 is 1.02 bits per heavy atom. The molecule has 252 valence electrons. The Morgan fingerprint density at radius 3 is 1.44 bits per heavy atom. The van der Waals surface area contributed by atoms with Gasteiger partial charge < -0.3 is 4.74 Å². The first-order valence-electron chi connectivity index (χ1n) is 17.2. The van der Waals surface area contributed by atoms with Gasteiger partial charge in [-0.2, -0.15) is 0 Å². The quantitative estimate of drug-likeness (QED) is 0.0922. The smallest absolute Gasteiger partial charge is 0.261 e. The second kappa shape index (κ2) is 11.2. The summed E-state index contributed by atoms with van der Waals surface area (Å²) in [6.45, 7) is 12.0. The van der Waals surface area contributed by atoms with E-state index < -0.39 is 11.6 Å². The highest BCUT2D eigenvalue weighted by molar-refractivity contribution is 6.41. The molecule has 2 aliphatic rings. The number of ether oxygens (including phenoxy) is 1. The summed E-state index contributed by atoms with van der Waals surface area (Å²) >= 11 is 0. The molecular weight excluding hydrogens is 631 g/mol. The highest BCUT2D eigenvalue weighted by Crippen LogP contribution is 2.46. The van der Waals surface area contributed by atoms with Crippen LogP contribution < -0.4 is 0 Å². The van der Waals surface area contributed by atoms with Gasteiger partial charge in [0.25, 0.3) is 23.6 Å². The molecule has 2 atom stereocenters. The fourth-order valence-electron chi connectivity index (χ4n) is 7.81. The molecule has 0 fully saturated rings. The third kappa shape index (κ3) is 4.51. The number of nitrogens with zero attached hydrogens (tertiary/aromatic N) is 2. The molecule has 6 aromatic rings. The van der Waals surface area contributed by atoms with Crippen molar-refractivity contribution in [3.8, 4) is 0 Å². The maximum atomic E-state index is 14.2. The maximum absolute atomic E-state index is 14.2. The van der Waals surface area contributed by atoms with Crippen molar-refractivity contribution in [2.75, 3.05) is 6.54 Å². The van der Waals surface area contributed by atoms with Gasteiger partial charge in [-0.3, -0.25) is 29.0 Å². The van der Waals surface area contributed by atoms with Crippen molar-refractivity contribution in [2.45, 2.75) is 65.7 Å². The highest BCUT2D eigenvalue weighted by atomic mass is 19.1. The van der Waals surface area contributed by atoms with Crippen LogP contribution in [0.2, 0.25) is 0 Å². The molecule has 0 aromatic heterocycles. The lowest BCUT2D eigenvalue weighted by atomic mass is 9.81. The van der Waals surface area contributed by atoms with Crippen molar-refractivity contribution in [1.82, 2.24) is 9.80 Å². The minimum atomic E-state index is -0.794. The Morgan fingerprint density at radius 1 is 0.600 bits per heavy atom. The SMILES string of the molecule is CC(C)C(C)OC(C)(C)C(C)N1C(=O)c2ccc3c4ccc5c6c(ccc(c7ccc(c2c37)C1=O)c64)C(=O)N(CCc1ccc(F)cc1)C5=O. The monoisotopic (exact) mass is 668 g/mol. The van der Waals surface area contributed by atoms with Crippen LogP contribution in [0, 0.1) is 11.7 Å². The Hall–Kier alpha value is -5.21. The van der Waals surface area contributed by atoms with E-state index in [9.17, 15) is 23.6 Å². The summed E-state index contributed by atoms with van der Waals surface area (Å²) in [7, 11) is 0. The molecule has 4 amide bonds. The van der Waals surface area contributed by atoms with Gasteiger partial charge in [-0.05, 0) is 114 Å². The number of imide groups is 2. The number of rotatable bonds is 8. The van der Waals surface area contributed by atoms with Gasteiger partial charge in [0.1, 0.15) is 5.82 Å². The van der Waals surface area contributed by atoms with E-state index in [4.69, 9.17) is 4.74 Å². The molecule has 2 heterocycles. The van der Waals surface area contributed by atoms with Crippen molar-refractivity contribution < 1.29 is 28.3 Å². The Kier molecular flexibility index (Phi) is 7.14. The molecule has 50 heavy (non-hydrogen) atoms. The Labute approximate surface area is 288 Å². The number of carbonyl (C=O) groups is 4. The van der Waals surface area contributed by atoms with Gasteiger partial charge in [-0.1, -0.05) is 50.2 Å². The van der Waals surface area contributed by atoms with E-state index in [1.807, 2.05) is 52.0 Å². The summed E-state index contributed by atoms with van der Waals surface area (Å²) in [5, 5.41) is 6.19. The number of carbonyl (C=O) groups excluding carboxylic acids is 4. The number of benzene rings is 6. The highest BCUT2D eigenvalue weighted by Gasteiger charge is 2.43. The van der Waals surface area contributed by atoms with E-state index in [1.165, 1.54) is 21.9 Å². The third-order valence-electron chi connectivity index (χ3n) is 11.1. The fourth-order valence-corrected chi connectivity index (χ4v) is 7.81. The van der Waals surface area contributed by atoms with Crippen molar-refractivity contribution in [3.05, 3.63) is 106 Å². The Bertz CT molecular complexity index is 2330. The maximum Gasteiger partial charge on any atom is 0.261 e. The van der Waals surface area contributed by atoms with Crippen LogP contribution in [0.15, 0.2) is 72.8 Å². The lowest BCUT2D eigenvalue weighted by Gasteiger charge is -2.42. The van der Waals surface area contributed by atoms with E-state index in [2.05, 4.69) is 13.8 Å². The van der Waals surface area contributed by atoms with Crippen molar-refractivity contribution in [2.24, 2.45) is 5.92 Å². The average molecular weight is 669 g/mol. The first kappa shape index (κ1) is 32.0. The van der Waals surface area contributed by atoms with Crippen LogP contribution in [0.3, 0.4) is 0 Å². The molecule has 0 radical (unpaired) electrons. The zero-order valence-electron chi connectivity index (χ0n) is 28.9. The average Bonchev–Trinajstić information content (AvgIpc) is 3.09. The predicted molar refractivity (Wildman–Crippen MR) is 193 cm³/mol. The van der Waals surface area contributed by atoms with Gasteiger partial charge in [0.05, 0.1) is 17.7 Å². The van der Waals surface area contributed by atoms with Crippen molar-refractivity contribution in [1.29, 1.82) is 0 Å². The van der Waals surface area contributed by atoms with Crippen LogP contribution in [0.4, 0.5) is 4.39 Å². The second-order valence-electron chi connectivity index (χ2n) is 14.6. The molecule has 0 aliphatic carbocycles. The largest absolute Gasteiger partial charge is 0.370 e. The van der Waals surface area contributed by atoms with Gasteiger partial charge in [-0.15, -0.1) is 0 Å². The second-order valence-corrected chi connectivity index (χ2v) is 14.6. The standard InChI is InChI=1S/C42H37FN2O5/c1-21(2)22(3)50-42(5,6)23(4)45-40(48)32-17-13-28-26-11-15-30-36-31(39(47)44(38(30)46)20-19-24-7-9-25(43)10-8-24)16-12-27(34(26)36)29-14-18-33(41(45)49)37(32)35(28)29/h7-18,21-23H,19-20H2,1-6H3. The number of amides is 4. The number of hydrogen-bond donors (Lipinski definition) is 0. The molecular formula is C42H37FN2O5. The molecule has 0 bridgehead atoms. The molecule has 0 N–H and O–H groups in total. The normalized spacial score (nSPS) is 16.2. The topological polar surface area (TPSA) is 84.0 Å². The number of fused-ring (bicyclic) bond motifs is 2. The van der Waals surface area contributed by atoms with Crippen LogP contribution >= 0.6 is 0 Å². The molecule has 2 unspecified atom stereocenters. The zero-order chi connectivity index (χ0) is 35.4. The molecule has 8 rings (SSSR count). The van der Waals surface area contributed by atoms with Crippen molar-refractivity contribution in [3.63, 3.8) is 0 Å². The van der Waals surface area contributed by atoms with E-state index in [-0.39, 0.29) is 48.0 Å². The molecule has 0 spiro atoms. The van der Waals surface area contributed by atoms with Crippen molar-refractivity contribution >= 4 is 66.7 Å². The van der Waals surface area contributed by atoms with Gasteiger partial charge in [-0.25, -0.2) is 4.39 Å². The van der Waals surface area contributed by atoms with Gasteiger partial charge in [0, 0.05) is 39.6 Å². The summed E-state index contributed by atoms with van der Waals surface area (Å²) in [4.78, 5) is 58.8. The summed E-state index contributed by atoms with van der Waals surface area (Å²) < 4.78 is 19.8. The molecule has 2 aliphatic heterocycles. The minimum Gasteiger partial charge on any atom is -0.370 e. The molecule has 0 saturated heterocycles. The summed E-state index contributed by atoms with van der Waals surface area (Å²) in [6, 6.07) is 20.3. The van der Waals surface area contributed by atoms with E-state index in [1.54, 1.807) is 36.4 Å². The van der Waals surface area contributed by atoms with Crippen LogP contribution in [0.1, 0.15) is 88.5 Å². The summed E-state index contributed by atoms with van der Waals surface area (Å²) in [5.41, 5.74) is 1.83. The summed E-state index contributed by atoms with van der Waals surface area (Å²) in [5.74, 6) is -1.54. The molecule has 6 aromatic carbocycles. The Balaban J connectivity index is 1.24. The molecule has 8 heteroatoms.